The summed E-state index contributed by atoms with van der Waals surface area (Å²) in [6.07, 6.45) is 2.99. The molecule has 11 heteroatoms. The molecule has 0 aliphatic carbocycles. The Balaban J connectivity index is 1.74. The molecule has 2 aromatic rings. The summed E-state index contributed by atoms with van der Waals surface area (Å²) in [5, 5.41) is 23.6. The number of amides is 3. The van der Waals surface area contributed by atoms with Crippen molar-refractivity contribution in [1.29, 1.82) is 0 Å². The lowest BCUT2D eigenvalue weighted by molar-refractivity contribution is -0.114. The number of benzene rings is 1. The second-order valence-corrected chi connectivity index (χ2v) is 8.83. The summed E-state index contributed by atoms with van der Waals surface area (Å²) in [6, 6.07) is 8.44. The first kappa shape index (κ1) is 27.4. The van der Waals surface area contributed by atoms with E-state index in [-0.39, 0.29) is 23.2 Å². The topological polar surface area (TPSA) is 155 Å². The van der Waals surface area contributed by atoms with Gasteiger partial charge in [0.15, 0.2) is 11.5 Å². The van der Waals surface area contributed by atoms with Crippen LogP contribution in [0.25, 0.3) is 11.3 Å². The van der Waals surface area contributed by atoms with Crippen LogP contribution in [-0.4, -0.2) is 53.2 Å². The van der Waals surface area contributed by atoms with Gasteiger partial charge in [-0.3, -0.25) is 14.9 Å². The van der Waals surface area contributed by atoms with Gasteiger partial charge in [-0.15, -0.1) is 0 Å². The maximum Gasteiger partial charge on any atom is 0.412 e. The second-order valence-electron chi connectivity index (χ2n) is 8.83. The van der Waals surface area contributed by atoms with Crippen molar-refractivity contribution in [3.05, 3.63) is 36.0 Å². The van der Waals surface area contributed by atoms with Gasteiger partial charge in [0, 0.05) is 30.9 Å². The van der Waals surface area contributed by atoms with E-state index in [9.17, 15) is 14.4 Å². The average molecular weight is 488 g/mol. The van der Waals surface area contributed by atoms with Gasteiger partial charge in [-0.1, -0.05) is 23.2 Å². The fourth-order valence-corrected chi connectivity index (χ4v) is 3.07. The molecule has 0 aliphatic heterocycles. The number of aromatic nitrogens is 1. The molecule has 1 aromatic carbocycles. The van der Waals surface area contributed by atoms with Gasteiger partial charge in [-0.2, -0.15) is 0 Å². The van der Waals surface area contributed by atoms with Crippen molar-refractivity contribution in [3.63, 3.8) is 0 Å². The number of nitrogens with zero attached hydrogens (tertiary/aromatic N) is 2. The van der Waals surface area contributed by atoms with Crippen molar-refractivity contribution in [2.75, 3.05) is 18.9 Å². The molecule has 2 rings (SSSR count). The highest BCUT2D eigenvalue weighted by Crippen LogP contribution is 2.23. The van der Waals surface area contributed by atoms with Crippen LogP contribution >= 0.6 is 0 Å². The first-order chi connectivity index (χ1) is 16.6. The smallest absolute Gasteiger partial charge is 0.412 e. The number of nitrogens with one attached hydrogen (secondary N) is 3. The molecule has 190 valence electrons. The second kappa shape index (κ2) is 13.1. The molecule has 0 unspecified atom stereocenters. The minimum absolute atomic E-state index is 0.108. The van der Waals surface area contributed by atoms with Gasteiger partial charge in [-0.25, -0.2) is 4.79 Å². The standard InChI is InChI=1S/C24H33N5O6/c1-24(2,3)34-23(32)27-17-12-10-16(11-13-17)20-15-19(29-35-20)22(31)26-14-8-6-5-7-9-18(28-33)21(30)25-4/h10-13,15,33H,5-9,14H2,1-4H3,(H,25,30)(H,26,31)(H,27,32)/b28-18+. The summed E-state index contributed by atoms with van der Waals surface area (Å²) < 4.78 is 10.5. The maximum atomic E-state index is 12.3. The van der Waals surface area contributed by atoms with Crippen molar-refractivity contribution in [3.8, 4) is 11.3 Å². The Morgan fingerprint density at radius 2 is 1.77 bits per heavy atom. The lowest BCUT2D eigenvalue weighted by atomic mass is 10.1. The summed E-state index contributed by atoms with van der Waals surface area (Å²) in [5.41, 5.74) is 0.957. The van der Waals surface area contributed by atoms with Crippen molar-refractivity contribution < 1.29 is 28.9 Å². The normalized spacial score (nSPS) is 11.6. The van der Waals surface area contributed by atoms with Crippen LogP contribution in [0.1, 0.15) is 63.4 Å². The summed E-state index contributed by atoms with van der Waals surface area (Å²) in [5.74, 6) is -0.297. The lowest BCUT2D eigenvalue weighted by Gasteiger charge is -2.19. The van der Waals surface area contributed by atoms with Crippen LogP contribution in [0.2, 0.25) is 0 Å². The Morgan fingerprint density at radius 3 is 2.40 bits per heavy atom. The molecule has 0 fully saturated rings. The molecule has 0 radical (unpaired) electrons. The number of hydrogen-bond acceptors (Lipinski definition) is 8. The van der Waals surface area contributed by atoms with E-state index >= 15 is 0 Å². The number of anilines is 1. The molecule has 0 bridgehead atoms. The van der Waals surface area contributed by atoms with E-state index in [0.29, 0.717) is 36.4 Å². The number of oxime groups is 1. The Bertz CT molecular complexity index is 1020. The third kappa shape index (κ3) is 9.48. The number of ether oxygens (including phenoxy) is 1. The minimum Gasteiger partial charge on any atom is -0.444 e. The number of unbranched alkanes of at least 4 members (excludes halogenated alkanes) is 3. The molecule has 0 saturated carbocycles. The minimum atomic E-state index is -0.589. The van der Waals surface area contributed by atoms with E-state index in [2.05, 4.69) is 26.3 Å². The molecule has 1 heterocycles. The number of carbonyl (C=O) groups is 3. The molecular weight excluding hydrogens is 454 g/mol. The van der Waals surface area contributed by atoms with Crippen LogP contribution in [0.15, 0.2) is 40.0 Å². The Labute approximate surface area is 204 Å². The fraction of sp³-hybridized carbons (Fsp3) is 0.458. The zero-order chi connectivity index (χ0) is 25.8. The number of carbonyl (C=O) groups excluding carboxylic acids is 3. The molecule has 1 aromatic heterocycles. The van der Waals surface area contributed by atoms with Gasteiger partial charge >= 0.3 is 6.09 Å². The zero-order valence-corrected chi connectivity index (χ0v) is 20.5. The van der Waals surface area contributed by atoms with Crippen molar-refractivity contribution in [1.82, 2.24) is 15.8 Å². The molecule has 0 atom stereocenters. The fourth-order valence-electron chi connectivity index (χ4n) is 3.07. The highest BCUT2D eigenvalue weighted by atomic mass is 16.6. The summed E-state index contributed by atoms with van der Waals surface area (Å²) in [4.78, 5) is 35.6. The number of hydrogen-bond donors (Lipinski definition) is 4. The van der Waals surface area contributed by atoms with Crippen LogP contribution < -0.4 is 16.0 Å². The largest absolute Gasteiger partial charge is 0.444 e. The van der Waals surface area contributed by atoms with Crippen LogP contribution in [0.5, 0.6) is 0 Å². The van der Waals surface area contributed by atoms with Crippen LogP contribution in [-0.2, 0) is 9.53 Å². The van der Waals surface area contributed by atoms with E-state index in [1.54, 1.807) is 51.1 Å². The van der Waals surface area contributed by atoms with Crippen LogP contribution in [0, 0.1) is 0 Å². The van der Waals surface area contributed by atoms with Gasteiger partial charge in [0.05, 0.1) is 0 Å². The zero-order valence-electron chi connectivity index (χ0n) is 20.5. The van der Waals surface area contributed by atoms with Gasteiger partial charge < -0.3 is 25.1 Å². The van der Waals surface area contributed by atoms with Gasteiger partial charge in [0.25, 0.3) is 11.8 Å². The third-order valence-corrected chi connectivity index (χ3v) is 4.79. The lowest BCUT2D eigenvalue weighted by Crippen LogP contribution is -2.27. The predicted octanol–water partition coefficient (Wildman–Crippen LogP) is 3.95. The van der Waals surface area contributed by atoms with E-state index < -0.39 is 11.7 Å². The van der Waals surface area contributed by atoms with Gasteiger partial charge in [-0.05, 0) is 64.3 Å². The van der Waals surface area contributed by atoms with E-state index in [1.165, 1.54) is 7.05 Å². The predicted molar refractivity (Wildman–Crippen MR) is 131 cm³/mol. The molecule has 11 nitrogen and oxygen atoms in total. The van der Waals surface area contributed by atoms with Crippen LogP contribution in [0.4, 0.5) is 10.5 Å². The highest BCUT2D eigenvalue weighted by molar-refractivity contribution is 6.38. The van der Waals surface area contributed by atoms with E-state index in [4.69, 9.17) is 14.5 Å². The van der Waals surface area contributed by atoms with Crippen molar-refractivity contribution >= 4 is 29.3 Å². The summed E-state index contributed by atoms with van der Waals surface area (Å²) in [7, 11) is 1.48. The molecule has 4 N–H and O–H groups in total. The first-order valence-corrected chi connectivity index (χ1v) is 11.4. The van der Waals surface area contributed by atoms with E-state index in [1.807, 2.05) is 0 Å². The molecule has 0 saturated heterocycles. The van der Waals surface area contributed by atoms with Gasteiger partial charge in [0.2, 0.25) is 0 Å². The van der Waals surface area contributed by atoms with Crippen molar-refractivity contribution in [2.45, 2.75) is 58.5 Å². The molecule has 0 spiro atoms. The molecule has 35 heavy (non-hydrogen) atoms. The Kier molecular flexibility index (Phi) is 10.2. The third-order valence-electron chi connectivity index (χ3n) is 4.79. The summed E-state index contributed by atoms with van der Waals surface area (Å²) in [6.45, 7) is 5.83. The average Bonchev–Trinajstić information content (AvgIpc) is 3.30. The SMILES string of the molecule is CNC(=O)/C(CCCCCCNC(=O)c1cc(-c2ccc(NC(=O)OC(C)(C)C)cc2)on1)=N/O. The number of rotatable bonds is 11. The van der Waals surface area contributed by atoms with Crippen LogP contribution in [0.3, 0.4) is 0 Å². The highest BCUT2D eigenvalue weighted by Gasteiger charge is 2.17. The Morgan fingerprint density at radius 1 is 1.09 bits per heavy atom. The first-order valence-electron chi connectivity index (χ1n) is 11.4. The summed E-state index contributed by atoms with van der Waals surface area (Å²) >= 11 is 0. The molecular formula is C24H33N5O6. The maximum absolute atomic E-state index is 12.3. The molecule has 0 aliphatic rings. The quantitative estimate of drug-likeness (QED) is 0.162. The monoisotopic (exact) mass is 487 g/mol. The van der Waals surface area contributed by atoms with Gasteiger partial charge in [0.1, 0.15) is 11.3 Å². The van der Waals surface area contributed by atoms with E-state index in [0.717, 1.165) is 19.3 Å². The Hall–Kier alpha value is -3.89. The van der Waals surface area contributed by atoms with Crippen molar-refractivity contribution in [2.24, 2.45) is 5.16 Å². The molecule has 3 amide bonds.